The molecule has 8 nitrogen and oxygen atoms in total. The Balaban J connectivity index is 0.000000175. The highest BCUT2D eigenvalue weighted by atomic mass is 35.5. The molecule has 4 aromatic carbocycles. The van der Waals surface area contributed by atoms with Crippen LogP contribution in [-0.2, 0) is 9.59 Å². The lowest BCUT2D eigenvalue weighted by Crippen LogP contribution is -2.25. The van der Waals surface area contributed by atoms with E-state index in [1.54, 1.807) is 60.7 Å². The Morgan fingerprint density at radius 2 is 0.762 bits per heavy atom. The Kier molecular flexibility index (Phi) is 7.60. The first-order valence-electron chi connectivity index (χ1n) is 12.6. The van der Waals surface area contributed by atoms with Crippen molar-refractivity contribution in [2.24, 2.45) is 0 Å². The molecule has 10 heteroatoms. The molecule has 2 N–H and O–H groups in total. The molecule has 208 valence electrons. The molecule has 0 aliphatic heterocycles. The van der Waals surface area contributed by atoms with Crippen LogP contribution in [0.25, 0.3) is 0 Å². The molecule has 0 saturated heterocycles. The van der Waals surface area contributed by atoms with Crippen LogP contribution in [0.15, 0.2) is 72.8 Å². The molecule has 0 aromatic heterocycles. The van der Waals surface area contributed by atoms with Gasteiger partial charge in [0.1, 0.15) is 0 Å². The fourth-order valence-corrected chi connectivity index (χ4v) is 5.51. The maximum Gasteiger partial charge on any atom is 0.221 e. The molecule has 2 amide bonds. The van der Waals surface area contributed by atoms with Crippen molar-refractivity contribution in [1.82, 2.24) is 0 Å². The van der Waals surface area contributed by atoms with E-state index in [-0.39, 0.29) is 78.4 Å². The first-order chi connectivity index (χ1) is 20.0. The zero-order valence-corrected chi connectivity index (χ0v) is 23.6. The van der Waals surface area contributed by atoms with Crippen LogP contribution in [0.1, 0.15) is 77.5 Å². The number of anilines is 2. The van der Waals surface area contributed by atoms with Crippen molar-refractivity contribution in [1.29, 1.82) is 0 Å². The van der Waals surface area contributed by atoms with Crippen molar-refractivity contribution in [3.05, 3.63) is 127 Å². The minimum atomic E-state index is -0.365. The fourth-order valence-electron chi connectivity index (χ4n) is 4.99. The summed E-state index contributed by atoms with van der Waals surface area (Å²) in [5.41, 5.74) is 2.50. The largest absolute Gasteiger partial charge is 0.326 e. The highest BCUT2D eigenvalue weighted by Gasteiger charge is 2.34. The summed E-state index contributed by atoms with van der Waals surface area (Å²) in [6, 6.07) is 19.1. The van der Waals surface area contributed by atoms with E-state index in [4.69, 9.17) is 23.2 Å². The zero-order chi connectivity index (χ0) is 30.3. The van der Waals surface area contributed by atoms with Gasteiger partial charge in [0.25, 0.3) is 0 Å². The van der Waals surface area contributed by atoms with E-state index in [1.165, 1.54) is 26.0 Å². The van der Waals surface area contributed by atoms with Crippen molar-refractivity contribution in [3.63, 3.8) is 0 Å². The van der Waals surface area contributed by atoms with Crippen LogP contribution in [0, 0.1) is 0 Å². The Morgan fingerprint density at radius 1 is 0.476 bits per heavy atom. The van der Waals surface area contributed by atoms with Gasteiger partial charge < -0.3 is 10.6 Å². The highest BCUT2D eigenvalue weighted by molar-refractivity contribution is 6.42. The number of carbonyl (C=O) groups is 6. The van der Waals surface area contributed by atoms with Crippen LogP contribution in [-0.4, -0.2) is 34.9 Å². The van der Waals surface area contributed by atoms with Gasteiger partial charge in [-0.2, -0.15) is 0 Å². The van der Waals surface area contributed by atoms with Crippen LogP contribution in [0.4, 0.5) is 11.4 Å². The average molecular weight is 599 g/mol. The highest BCUT2D eigenvalue weighted by Crippen LogP contribution is 2.36. The molecule has 4 aromatic rings. The Bertz CT molecular complexity index is 1760. The molecule has 0 fully saturated rings. The van der Waals surface area contributed by atoms with Crippen LogP contribution in [0.2, 0.25) is 10.0 Å². The lowest BCUT2D eigenvalue weighted by atomic mass is 9.82. The summed E-state index contributed by atoms with van der Waals surface area (Å²) >= 11 is 12.0. The van der Waals surface area contributed by atoms with Crippen molar-refractivity contribution in [2.45, 2.75) is 13.8 Å². The normalized spacial score (nSPS) is 12.7. The molecule has 42 heavy (non-hydrogen) atoms. The molecule has 2 aliphatic carbocycles. The first kappa shape index (κ1) is 28.6. The number of halogens is 2. The molecule has 0 saturated carbocycles. The number of carbonyl (C=O) groups excluding carboxylic acids is 6. The van der Waals surface area contributed by atoms with Gasteiger partial charge in [0.15, 0.2) is 23.1 Å². The van der Waals surface area contributed by atoms with Gasteiger partial charge in [0.05, 0.1) is 43.7 Å². The lowest BCUT2D eigenvalue weighted by Gasteiger charge is -2.22. The minimum Gasteiger partial charge on any atom is -0.326 e. The third kappa shape index (κ3) is 4.91. The SMILES string of the molecule is CC(=O)Nc1cccc2c1C(=O)c1cccc(NC(C)=O)c1C2=O.O=C1c2cccc(Cl)c2C(=O)c2cccc(Cl)c21. The van der Waals surface area contributed by atoms with Crippen molar-refractivity contribution in [2.75, 3.05) is 10.6 Å². The van der Waals surface area contributed by atoms with E-state index in [0.717, 1.165) is 0 Å². The van der Waals surface area contributed by atoms with Gasteiger partial charge in [-0.05, 0) is 24.3 Å². The molecule has 0 unspecified atom stereocenters. The predicted octanol–water partition coefficient (Wildman–Crippen LogP) is 6.15. The van der Waals surface area contributed by atoms with Gasteiger partial charge in [0, 0.05) is 36.1 Å². The zero-order valence-electron chi connectivity index (χ0n) is 22.1. The van der Waals surface area contributed by atoms with E-state index in [2.05, 4.69) is 10.6 Å². The first-order valence-corrected chi connectivity index (χ1v) is 13.3. The average Bonchev–Trinajstić information content (AvgIpc) is 2.94. The van der Waals surface area contributed by atoms with E-state index in [9.17, 15) is 28.8 Å². The number of hydrogen-bond donors (Lipinski definition) is 2. The summed E-state index contributed by atoms with van der Waals surface area (Å²) in [6.07, 6.45) is 0. The molecule has 0 heterocycles. The summed E-state index contributed by atoms with van der Waals surface area (Å²) in [6.45, 7) is 2.66. The van der Waals surface area contributed by atoms with Gasteiger partial charge in [-0.3, -0.25) is 28.8 Å². The summed E-state index contributed by atoms with van der Waals surface area (Å²) in [7, 11) is 0. The maximum atomic E-state index is 12.9. The van der Waals surface area contributed by atoms with Gasteiger partial charge in [-0.15, -0.1) is 0 Å². The van der Waals surface area contributed by atoms with Gasteiger partial charge in [-0.1, -0.05) is 71.7 Å². The quantitative estimate of drug-likeness (QED) is 0.246. The number of fused-ring (bicyclic) bond motifs is 4. The van der Waals surface area contributed by atoms with Crippen molar-refractivity contribution >= 4 is 69.5 Å². The maximum absolute atomic E-state index is 12.9. The monoisotopic (exact) mass is 598 g/mol. The number of ketones is 4. The second-order valence-electron chi connectivity index (χ2n) is 9.46. The van der Waals surface area contributed by atoms with Crippen LogP contribution < -0.4 is 10.6 Å². The van der Waals surface area contributed by atoms with E-state index >= 15 is 0 Å². The minimum absolute atomic E-state index is 0.171. The van der Waals surface area contributed by atoms with E-state index in [0.29, 0.717) is 22.5 Å². The van der Waals surface area contributed by atoms with E-state index < -0.39 is 0 Å². The second-order valence-corrected chi connectivity index (χ2v) is 10.3. The van der Waals surface area contributed by atoms with Crippen LogP contribution in [0.5, 0.6) is 0 Å². The fraction of sp³-hybridized carbons (Fsp3) is 0.0625. The number of rotatable bonds is 2. The third-order valence-corrected chi connectivity index (χ3v) is 7.29. The number of amides is 2. The van der Waals surface area contributed by atoms with Gasteiger partial charge in [0.2, 0.25) is 11.8 Å². The van der Waals surface area contributed by atoms with Crippen molar-refractivity contribution < 1.29 is 28.8 Å². The third-order valence-electron chi connectivity index (χ3n) is 6.66. The lowest BCUT2D eigenvalue weighted by molar-refractivity contribution is -0.115. The molecular formula is C32H20Cl2N2O6. The molecule has 6 rings (SSSR count). The molecule has 0 atom stereocenters. The predicted molar refractivity (Wildman–Crippen MR) is 158 cm³/mol. The van der Waals surface area contributed by atoms with Gasteiger partial charge >= 0.3 is 0 Å². The number of nitrogens with one attached hydrogen (secondary N) is 2. The molecular weight excluding hydrogens is 579 g/mol. The Morgan fingerprint density at radius 3 is 1.10 bits per heavy atom. The summed E-state index contributed by atoms with van der Waals surface area (Å²) in [5, 5.41) is 5.74. The number of benzene rings is 4. The standard InChI is InChI=1S/C18H14N2O4.C14H6Cl2O2/c1-9(21)19-13-7-3-5-11-15(13)17(23)12-6-4-8-14(20-10(2)22)16(12)18(11)24;15-9-5-1-3-7-11(9)14(18)8-4-2-6-10(16)12(8)13(7)17/h3-8H,1-2H3,(H,19,21)(H,20,22);1-6H. The smallest absolute Gasteiger partial charge is 0.221 e. The molecule has 0 radical (unpaired) electrons. The molecule has 0 bridgehead atoms. The van der Waals surface area contributed by atoms with Crippen molar-refractivity contribution in [3.8, 4) is 0 Å². The van der Waals surface area contributed by atoms with E-state index in [1.807, 2.05) is 0 Å². The summed E-state index contributed by atoms with van der Waals surface area (Å²) in [5.74, 6) is -1.91. The van der Waals surface area contributed by atoms with Gasteiger partial charge in [-0.25, -0.2) is 0 Å². The summed E-state index contributed by atoms with van der Waals surface area (Å²) < 4.78 is 0. The van der Waals surface area contributed by atoms with Crippen LogP contribution >= 0.6 is 23.2 Å². The Labute approximate surface area is 249 Å². The summed E-state index contributed by atoms with van der Waals surface area (Å²) in [4.78, 5) is 73.1. The Hall–Kier alpha value is -4.92. The topological polar surface area (TPSA) is 126 Å². The number of hydrogen-bond acceptors (Lipinski definition) is 6. The molecule has 2 aliphatic rings. The second kappa shape index (κ2) is 11.2. The molecule has 0 spiro atoms. The van der Waals surface area contributed by atoms with Crippen LogP contribution in [0.3, 0.4) is 0 Å².